The molecule has 2 unspecified atom stereocenters. The van der Waals surface area contributed by atoms with Gasteiger partial charge in [-0.25, -0.2) is 4.39 Å². The highest BCUT2D eigenvalue weighted by Gasteiger charge is 2.48. The number of aryl methyl sites for hydroxylation is 1. The first-order chi connectivity index (χ1) is 18.9. The minimum absolute atomic E-state index is 0.0930. The number of ether oxygens (including phenoxy) is 2. The SMILES string of the molecule is C[C@H]1CN2CCC[C@@]2(COc2nc3c(c(N4CCCC(O)CC4)n2)COC2(CCCc4ccc(F)cc42)C3)C1. The molecule has 7 rings (SSSR count). The maximum atomic E-state index is 14.4. The first-order valence-corrected chi connectivity index (χ1v) is 15.1. The van der Waals surface area contributed by atoms with E-state index in [1.807, 2.05) is 6.07 Å². The number of halogens is 1. The number of hydrogen-bond acceptors (Lipinski definition) is 7. The summed E-state index contributed by atoms with van der Waals surface area (Å²) in [7, 11) is 0. The Morgan fingerprint density at radius 1 is 1.13 bits per heavy atom. The van der Waals surface area contributed by atoms with Gasteiger partial charge in [-0.1, -0.05) is 13.0 Å². The number of aliphatic hydroxyl groups is 1. The van der Waals surface area contributed by atoms with E-state index in [1.54, 1.807) is 12.1 Å². The molecule has 39 heavy (non-hydrogen) atoms. The number of anilines is 1. The highest BCUT2D eigenvalue weighted by molar-refractivity contribution is 5.52. The average molecular weight is 537 g/mol. The molecule has 5 aliphatic rings. The topological polar surface area (TPSA) is 71.0 Å². The van der Waals surface area contributed by atoms with Crippen LogP contribution in [0.2, 0.25) is 0 Å². The number of hydrogen-bond donors (Lipinski definition) is 1. The molecule has 3 saturated heterocycles. The summed E-state index contributed by atoms with van der Waals surface area (Å²) >= 11 is 0. The van der Waals surface area contributed by atoms with Gasteiger partial charge in [0.25, 0.3) is 0 Å². The van der Waals surface area contributed by atoms with Crippen molar-refractivity contribution < 1.29 is 19.0 Å². The molecular formula is C31H41FN4O3. The van der Waals surface area contributed by atoms with Gasteiger partial charge in [0.05, 0.1) is 29.5 Å². The molecule has 1 aliphatic carbocycles. The van der Waals surface area contributed by atoms with Gasteiger partial charge in [0.2, 0.25) is 0 Å². The number of aromatic nitrogens is 2. The van der Waals surface area contributed by atoms with E-state index in [2.05, 4.69) is 16.7 Å². The van der Waals surface area contributed by atoms with E-state index in [1.165, 1.54) is 18.4 Å². The van der Waals surface area contributed by atoms with E-state index >= 15 is 0 Å². The zero-order chi connectivity index (χ0) is 26.6. The zero-order valence-electron chi connectivity index (χ0n) is 23.1. The maximum absolute atomic E-state index is 14.4. The second-order valence-corrected chi connectivity index (χ2v) is 12.8. The Bertz CT molecular complexity index is 1240. The van der Waals surface area contributed by atoms with Gasteiger partial charge in [0, 0.05) is 31.6 Å². The summed E-state index contributed by atoms with van der Waals surface area (Å²) in [6.07, 6.45) is 9.13. The predicted octanol–water partition coefficient (Wildman–Crippen LogP) is 4.52. The molecule has 1 aromatic carbocycles. The number of aliphatic hydroxyl groups excluding tert-OH is 1. The summed E-state index contributed by atoms with van der Waals surface area (Å²) in [5, 5.41) is 10.3. The van der Waals surface area contributed by atoms with E-state index in [9.17, 15) is 9.50 Å². The molecule has 0 saturated carbocycles. The van der Waals surface area contributed by atoms with Crippen LogP contribution in [0.3, 0.4) is 0 Å². The van der Waals surface area contributed by atoms with E-state index < -0.39 is 5.60 Å². The minimum atomic E-state index is -0.567. The van der Waals surface area contributed by atoms with Crippen molar-refractivity contribution in [1.29, 1.82) is 0 Å². The predicted molar refractivity (Wildman–Crippen MR) is 146 cm³/mol. The second kappa shape index (κ2) is 9.96. The third kappa shape index (κ3) is 4.62. The maximum Gasteiger partial charge on any atom is 0.318 e. The fourth-order valence-corrected chi connectivity index (χ4v) is 8.18. The number of nitrogens with zero attached hydrogens (tertiary/aromatic N) is 4. The largest absolute Gasteiger partial charge is 0.461 e. The molecule has 1 spiro atoms. The van der Waals surface area contributed by atoms with Crippen LogP contribution in [0.1, 0.15) is 80.7 Å². The molecule has 0 radical (unpaired) electrons. The van der Waals surface area contributed by atoms with Crippen molar-refractivity contribution in [3.05, 3.63) is 46.4 Å². The van der Waals surface area contributed by atoms with Crippen LogP contribution in [0.25, 0.3) is 0 Å². The lowest BCUT2D eigenvalue weighted by molar-refractivity contribution is -0.0857. The van der Waals surface area contributed by atoms with E-state index in [0.29, 0.717) is 31.6 Å². The van der Waals surface area contributed by atoms with Gasteiger partial charge in [-0.05, 0) is 93.5 Å². The fourth-order valence-electron chi connectivity index (χ4n) is 8.18. The summed E-state index contributed by atoms with van der Waals surface area (Å²) in [4.78, 5) is 15.0. The number of benzene rings is 1. The van der Waals surface area contributed by atoms with Crippen LogP contribution in [0.4, 0.5) is 10.2 Å². The van der Waals surface area contributed by atoms with Crippen LogP contribution in [0.15, 0.2) is 18.2 Å². The molecule has 8 heteroatoms. The Kier molecular flexibility index (Phi) is 6.56. The Labute approximate surface area is 230 Å². The third-order valence-corrected chi connectivity index (χ3v) is 10.1. The molecule has 3 fully saturated rings. The summed E-state index contributed by atoms with van der Waals surface area (Å²) in [5.41, 5.74) is 3.65. The third-order valence-electron chi connectivity index (χ3n) is 10.1. The van der Waals surface area contributed by atoms with Crippen LogP contribution < -0.4 is 9.64 Å². The molecule has 0 bridgehead atoms. The molecule has 5 heterocycles. The Morgan fingerprint density at radius 2 is 2.05 bits per heavy atom. The summed E-state index contributed by atoms with van der Waals surface area (Å²) < 4.78 is 27.6. The van der Waals surface area contributed by atoms with Crippen LogP contribution in [-0.4, -0.2) is 64.4 Å². The minimum Gasteiger partial charge on any atom is -0.461 e. The fraction of sp³-hybridized carbons (Fsp3) is 0.677. The van der Waals surface area contributed by atoms with E-state index in [4.69, 9.17) is 19.4 Å². The van der Waals surface area contributed by atoms with Crippen molar-refractivity contribution in [1.82, 2.24) is 14.9 Å². The van der Waals surface area contributed by atoms with Gasteiger partial charge in [0.1, 0.15) is 18.2 Å². The van der Waals surface area contributed by atoms with E-state index in [-0.39, 0.29) is 17.5 Å². The Hall–Kier alpha value is -2.29. The highest BCUT2D eigenvalue weighted by Crippen LogP contribution is 2.47. The van der Waals surface area contributed by atoms with Crippen molar-refractivity contribution in [2.45, 2.75) is 95.0 Å². The van der Waals surface area contributed by atoms with Crippen LogP contribution >= 0.6 is 0 Å². The number of fused-ring (bicyclic) bond motifs is 4. The quantitative estimate of drug-likeness (QED) is 0.616. The van der Waals surface area contributed by atoms with Gasteiger partial charge in [-0.15, -0.1) is 0 Å². The van der Waals surface area contributed by atoms with Crippen LogP contribution in [0.5, 0.6) is 6.01 Å². The first kappa shape index (κ1) is 25.7. The van der Waals surface area contributed by atoms with E-state index in [0.717, 1.165) is 93.8 Å². The summed E-state index contributed by atoms with van der Waals surface area (Å²) in [6.45, 7) is 7.24. The average Bonchev–Trinajstić information content (AvgIpc) is 3.35. The van der Waals surface area contributed by atoms with Crippen LogP contribution in [-0.2, 0) is 29.8 Å². The lowest BCUT2D eigenvalue weighted by Gasteiger charge is -2.43. The van der Waals surface area contributed by atoms with Gasteiger partial charge >= 0.3 is 6.01 Å². The Balaban J connectivity index is 1.24. The smallest absolute Gasteiger partial charge is 0.318 e. The monoisotopic (exact) mass is 536 g/mol. The lowest BCUT2D eigenvalue weighted by atomic mass is 9.75. The molecule has 4 aliphatic heterocycles. The summed E-state index contributed by atoms with van der Waals surface area (Å²) in [5.74, 6) is 1.35. The molecule has 210 valence electrons. The molecule has 0 amide bonds. The normalized spacial score (nSPS) is 32.5. The van der Waals surface area contributed by atoms with Crippen molar-refractivity contribution >= 4 is 5.82 Å². The summed E-state index contributed by atoms with van der Waals surface area (Å²) in [6, 6.07) is 5.60. The van der Waals surface area contributed by atoms with Gasteiger partial charge < -0.3 is 19.5 Å². The molecule has 2 aromatic rings. The first-order valence-electron chi connectivity index (χ1n) is 15.1. The van der Waals surface area contributed by atoms with Crippen molar-refractivity contribution in [3.8, 4) is 6.01 Å². The van der Waals surface area contributed by atoms with Gasteiger partial charge in [-0.3, -0.25) is 4.90 Å². The molecule has 1 N–H and O–H groups in total. The van der Waals surface area contributed by atoms with Crippen molar-refractivity contribution in [2.75, 3.05) is 37.7 Å². The lowest BCUT2D eigenvalue weighted by Crippen LogP contribution is -2.44. The van der Waals surface area contributed by atoms with Crippen molar-refractivity contribution in [2.24, 2.45) is 5.92 Å². The molecule has 7 nitrogen and oxygen atoms in total. The molecular weight excluding hydrogens is 495 g/mol. The number of rotatable bonds is 4. The van der Waals surface area contributed by atoms with Gasteiger partial charge in [-0.2, -0.15) is 9.97 Å². The zero-order valence-corrected chi connectivity index (χ0v) is 23.1. The molecule has 1 aromatic heterocycles. The highest BCUT2D eigenvalue weighted by atomic mass is 19.1. The standard InChI is InChI=1S/C31H41FN4O3/c1-21-16-30(10-4-13-36(30)18-21)20-38-29-33-27-17-31(11-2-5-22-7-8-23(32)15-26(22)31)39-19-25(27)28(34-29)35-12-3-6-24(37)9-14-35/h7-8,15,21,24,37H,2-6,9-14,16-20H2,1H3/t21-,24?,30+,31?/m1/s1. The molecule has 4 atom stereocenters. The van der Waals surface area contributed by atoms with Crippen LogP contribution in [0, 0.1) is 11.7 Å². The Morgan fingerprint density at radius 3 is 2.97 bits per heavy atom. The van der Waals surface area contributed by atoms with Crippen molar-refractivity contribution in [3.63, 3.8) is 0 Å². The van der Waals surface area contributed by atoms with Gasteiger partial charge in [0.15, 0.2) is 0 Å². The second-order valence-electron chi connectivity index (χ2n) is 12.8.